The molecule has 0 radical (unpaired) electrons. The van der Waals surface area contributed by atoms with Gasteiger partial charge in [-0.1, -0.05) is 23.2 Å². The number of hydrogen-bond donors (Lipinski definition) is 0. The fraction of sp³-hybridized carbons (Fsp3) is 0.286. The van der Waals surface area contributed by atoms with E-state index in [1.54, 1.807) is 11.0 Å². The third kappa shape index (κ3) is 3.03. The maximum Gasteiger partial charge on any atom is 0.416 e. The average molecular weight is 456 g/mol. The molecule has 0 unspecified atom stereocenters. The lowest BCUT2D eigenvalue weighted by Gasteiger charge is -2.32. The summed E-state index contributed by atoms with van der Waals surface area (Å²) < 4.78 is 50.3. The first-order valence-corrected chi connectivity index (χ1v) is 10.0. The molecule has 1 aliphatic heterocycles. The topological polar surface area (TPSA) is 42.7 Å². The minimum absolute atomic E-state index is 0.0402. The van der Waals surface area contributed by atoms with Gasteiger partial charge in [0.2, 0.25) is 0 Å². The number of fused-ring (bicyclic) bond motifs is 5. The SMILES string of the molecule is O=c1oc2c3c(c(Cl)cc2c2c1CCC2)OCN(c1ccc(C(F)(F)F)cc1Cl)C3. The van der Waals surface area contributed by atoms with Crippen molar-refractivity contribution in [3.63, 3.8) is 0 Å². The molecule has 0 amide bonds. The van der Waals surface area contributed by atoms with Gasteiger partial charge in [-0.15, -0.1) is 0 Å². The van der Waals surface area contributed by atoms with E-state index < -0.39 is 11.7 Å². The van der Waals surface area contributed by atoms with Gasteiger partial charge in [0, 0.05) is 10.9 Å². The first kappa shape index (κ1) is 19.6. The highest BCUT2D eigenvalue weighted by molar-refractivity contribution is 6.33. The lowest BCUT2D eigenvalue weighted by Crippen LogP contribution is -2.32. The highest BCUT2D eigenvalue weighted by Crippen LogP contribution is 2.43. The Balaban J connectivity index is 1.62. The van der Waals surface area contributed by atoms with E-state index in [1.807, 2.05) is 0 Å². The highest BCUT2D eigenvalue weighted by Gasteiger charge is 2.32. The predicted molar refractivity (Wildman–Crippen MR) is 108 cm³/mol. The summed E-state index contributed by atoms with van der Waals surface area (Å²) in [6.07, 6.45) is -2.17. The molecule has 1 aromatic heterocycles. The minimum Gasteiger partial charge on any atom is -0.471 e. The number of rotatable bonds is 1. The summed E-state index contributed by atoms with van der Waals surface area (Å²) in [7, 11) is 0. The van der Waals surface area contributed by atoms with Gasteiger partial charge in [0.05, 0.1) is 33.4 Å². The number of alkyl halides is 3. The van der Waals surface area contributed by atoms with Crippen LogP contribution in [0.3, 0.4) is 0 Å². The summed E-state index contributed by atoms with van der Waals surface area (Å²) in [5, 5.41) is 1.12. The van der Waals surface area contributed by atoms with Crippen molar-refractivity contribution in [3.05, 3.63) is 67.0 Å². The van der Waals surface area contributed by atoms with Gasteiger partial charge >= 0.3 is 11.8 Å². The first-order chi connectivity index (χ1) is 14.2. The van der Waals surface area contributed by atoms with E-state index in [0.717, 1.165) is 35.9 Å². The van der Waals surface area contributed by atoms with Gasteiger partial charge in [-0.05, 0) is 49.1 Å². The van der Waals surface area contributed by atoms with E-state index in [4.69, 9.17) is 32.4 Å². The van der Waals surface area contributed by atoms with Gasteiger partial charge in [-0.3, -0.25) is 0 Å². The fourth-order valence-electron chi connectivity index (χ4n) is 4.20. The van der Waals surface area contributed by atoms with Crippen molar-refractivity contribution in [1.82, 2.24) is 0 Å². The molecule has 0 atom stereocenters. The number of ether oxygens (including phenoxy) is 1. The lowest BCUT2D eigenvalue weighted by atomic mass is 10.0. The second-order valence-corrected chi connectivity index (χ2v) is 8.19. The van der Waals surface area contributed by atoms with Crippen LogP contribution in [0.4, 0.5) is 18.9 Å². The number of aryl methyl sites for hydroxylation is 1. The van der Waals surface area contributed by atoms with Crippen molar-refractivity contribution in [3.8, 4) is 5.75 Å². The van der Waals surface area contributed by atoms with Crippen LogP contribution in [0.15, 0.2) is 33.5 Å². The van der Waals surface area contributed by atoms with Crippen LogP contribution in [0.2, 0.25) is 10.0 Å². The summed E-state index contributed by atoms with van der Waals surface area (Å²) in [5.41, 5.74) is 1.77. The molecular formula is C21H14Cl2F3NO3. The van der Waals surface area contributed by atoms with E-state index in [2.05, 4.69) is 0 Å². The predicted octanol–water partition coefficient (Wildman–Crippen LogP) is 5.96. The Kier molecular flexibility index (Phi) is 4.45. The van der Waals surface area contributed by atoms with Crippen LogP contribution in [0, 0.1) is 0 Å². The zero-order valence-electron chi connectivity index (χ0n) is 15.4. The molecule has 5 rings (SSSR count). The molecule has 3 aromatic rings. The van der Waals surface area contributed by atoms with Crippen molar-refractivity contribution in [2.24, 2.45) is 0 Å². The van der Waals surface area contributed by atoms with E-state index >= 15 is 0 Å². The Morgan fingerprint density at radius 3 is 2.50 bits per heavy atom. The van der Waals surface area contributed by atoms with Gasteiger partial charge in [-0.2, -0.15) is 13.2 Å². The smallest absolute Gasteiger partial charge is 0.416 e. The molecule has 0 saturated carbocycles. The van der Waals surface area contributed by atoms with Crippen LogP contribution < -0.4 is 15.3 Å². The molecule has 156 valence electrons. The second kappa shape index (κ2) is 6.82. The van der Waals surface area contributed by atoms with Gasteiger partial charge in [0.1, 0.15) is 11.3 Å². The monoisotopic (exact) mass is 455 g/mol. The Bertz CT molecular complexity index is 1250. The van der Waals surface area contributed by atoms with E-state index in [9.17, 15) is 18.0 Å². The Hall–Kier alpha value is -2.38. The molecular weight excluding hydrogens is 442 g/mol. The van der Waals surface area contributed by atoms with Crippen LogP contribution in [-0.2, 0) is 25.6 Å². The molecule has 2 heterocycles. The molecule has 0 fully saturated rings. The number of hydrogen-bond acceptors (Lipinski definition) is 4. The number of nitrogens with zero attached hydrogens (tertiary/aromatic N) is 1. The largest absolute Gasteiger partial charge is 0.471 e. The van der Waals surface area contributed by atoms with Gasteiger partial charge in [-0.25, -0.2) is 4.79 Å². The van der Waals surface area contributed by atoms with Crippen molar-refractivity contribution in [2.45, 2.75) is 32.0 Å². The first-order valence-electron chi connectivity index (χ1n) is 9.28. The quantitative estimate of drug-likeness (QED) is 0.424. The molecule has 0 saturated heterocycles. The Morgan fingerprint density at radius 2 is 1.77 bits per heavy atom. The van der Waals surface area contributed by atoms with E-state index in [0.29, 0.717) is 39.6 Å². The summed E-state index contributed by atoms with van der Waals surface area (Å²) in [5.74, 6) is 0.407. The summed E-state index contributed by atoms with van der Waals surface area (Å²) in [6, 6.07) is 4.92. The van der Waals surface area contributed by atoms with E-state index in [1.165, 1.54) is 6.07 Å². The molecule has 4 nitrogen and oxygen atoms in total. The number of anilines is 1. The van der Waals surface area contributed by atoms with Gasteiger partial charge in [0.25, 0.3) is 0 Å². The molecule has 1 aliphatic carbocycles. The number of benzene rings is 2. The van der Waals surface area contributed by atoms with Gasteiger partial charge in [0.15, 0.2) is 6.73 Å². The summed E-state index contributed by atoms with van der Waals surface area (Å²) in [6.45, 7) is 0.262. The van der Waals surface area contributed by atoms with Crippen molar-refractivity contribution in [1.29, 1.82) is 0 Å². The van der Waals surface area contributed by atoms with Crippen LogP contribution in [-0.4, -0.2) is 6.73 Å². The molecule has 0 bridgehead atoms. The minimum atomic E-state index is -4.49. The summed E-state index contributed by atoms with van der Waals surface area (Å²) in [4.78, 5) is 14.1. The van der Waals surface area contributed by atoms with Crippen molar-refractivity contribution < 1.29 is 22.3 Å². The number of halogens is 5. The maximum absolute atomic E-state index is 13.0. The van der Waals surface area contributed by atoms with Crippen LogP contribution >= 0.6 is 23.2 Å². The molecule has 0 N–H and O–H groups in total. The maximum atomic E-state index is 13.0. The Labute approximate surface area is 178 Å². The highest BCUT2D eigenvalue weighted by atomic mass is 35.5. The third-order valence-corrected chi connectivity index (χ3v) is 6.18. The zero-order chi connectivity index (χ0) is 21.2. The normalized spacial score (nSPS) is 15.8. The molecule has 2 aliphatic rings. The van der Waals surface area contributed by atoms with E-state index in [-0.39, 0.29) is 23.9 Å². The summed E-state index contributed by atoms with van der Waals surface area (Å²) >= 11 is 12.6. The van der Waals surface area contributed by atoms with Crippen molar-refractivity contribution >= 4 is 39.9 Å². The third-order valence-electron chi connectivity index (χ3n) is 5.59. The average Bonchev–Trinajstić information content (AvgIpc) is 3.19. The van der Waals surface area contributed by atoms with Crippen molar-refractivity contribution in [2.75, 3.05) is 11.6 Å². The van der Waals surface area contributed by atoms with Crippen LogP contribution in [0.25, 0.3) is 11.0 Å². The molecule has 0 spiro atoms. The molecule has 9 heteroatoms. The van der Waals surface area contributed by atoms with Gasteiger partial charge < -0.3 is 14.1 Å². The fourth-order valence-corrected chi connectivity index (χ4v) is 4.78. The second-order valence-electron chi connectivity index (χ2n) is 7.38. The van der Waals surface area contributed by atoms with Crippen LogP contribution in [0.5, 0.6) is 5.75 Å². The van der Waals surface area contributed by atoms with Crippen LogP contribution in [0.1, 0.15) is 28.7 Å². The Morgan fingerprint density at radius 1 is 1.00 bits per heavy atom. The standard InChI is InChI=1S/C21H14Cl2F3NO3/c22-15-6-10(21(24,25)26)4-5-17(15)27-8-14-18-13(7-16(23)19(14)29-9-27)11-2-1-3-12(11)20(28)30-18/h4-7H,1-3,8-9H2. The lowest BCUT2D eigenvalue weighted by molar-refractivity contribution is -0.137. The molecule has 30 heavy (non-hydrogen) atoms. The zero-order valence-corrected chi connectivity index (χ0v) is 16.9. The molecule has 2 aromatic carbocycles.